The molecule has 0 aliphatic heterocycles. The van der Waals surface area contributed by atoms with Crippen molar-refractivity contribution in [2.45, 2.75) is 32.9 Å². The molecule has 0 unspecified atom stereocenters. The Hall–Kier alpha value is -1.84. The van der Waals surface area contributed by atoms with E-state index in [9.17, 15) is 5.11 Å². The zero-order valence-electron chi connectivity index (χ0n) is 13.9. The Morgan fingerprint density at radius 2 is 1.52 bits per heavy atom. The van der Waals surface area contributed by atoms with E-state index in [1.54, 1.807) is 0 Å². The lowest BCUT2D eigenvalue weighted by molar-refractivity contribution is 0.0255. The van der Waals surface area contributed by atoms with Crippen molar-refractivity contribution in [3.05, 3.63) is 48.5 Å². The van der Waals surface area contributed by atoms with Crippen LogP contribution in [0.3, 0.4) is 0 Å². The summed E-state index contributed by atoms with van der Waals surface area (Å²) in [4.78, 5) is 0. The molecule has 0 radical (unpaired) electrons. The third kappa shape index (κ3) is 3.57. The maximum Gasteiger partial charge on any atom is 0.0952 e. The molecule has 0 amide bonds. The number of fused-ring (bicyclic) bond motifs is 3. The van der Waals surface area contributed by atoms with Gasteiger partial charge in [-0.2, -0.15) is 0 Å². The Morgan fingerprint density at radius 3 is 2.09 bits per heavy atom. The summed E-state index contributed by atoms with van der Waals surface area (Å²) in [5.41, 5.74) is 2.32. The van der Waals surface area contributed by atoms with E-state index in [-0.39, 0.29) is 0 Å². The molecule has 0 saturated carbocycles. The fourth-order valence-corrected chi connectivity index (χ4v) is 3.00. The number of para-hydroxylation sites is 2. The summed E-state index contributed by atoms with van der Waals surface area (Å²) < 4.78 is 7.81. The smallest absolute Gasteiger partial charge is 0.0952 e. The predicted molar refractivity (Wildman–Crippen MR) is 95.7 cm³/mol. The van der Waals surface area contributed by atoms with E-state index in [0.29, 0.717) is 25.7 Å². The zero-order valence-corrected chi connectivity index (χ0v) is 13.9. The summed E-state index contributed by atoms with van der Waals surface area (Å²) in [6, 6.07) is 16.7. The number of aliphatic hydroxyl groups excluding tert-OH is 1. The van der Waals surface area contributed by atoms with E-state index in [0.717, 1.165) is 17.5 Å². The number of aliphatic hydroxyl groups is 1. The SMILES string of the molecule is CC(C)CCOC[C@@H](O)Cn1c2ccccc2c2ccccc21. The van der Waals surface area contributed by atoms with Crippen LogP contribution in [0.1, 0.15) is 20.3 Å². The molecule has 1 aromatic heterocycles. The van der Waals surface area contributed by atoms with Crippen molar-refractivity contribution in [3.8, 4) is 0 Å². The number of benzene rings is 2. The maximum atomic E-state index is 10.4. The Kier molecular flexibility index (Phi) is 4.99. The van der Waals surface area contributed by atoms with E-state index < -0.39 is 6.10 Å². The second-order valence-electron chi connectivity index (χ2n) is 6.56. The van der Waals surface area contributed by atoms with Crippen LogP contribution in [0.5, 0.6) is 0 Å². The van der Waals surface area contributed by atoms with Crippen molar-refractivity contribution in [3.63, 3.8) is 0 Å². The minimum Gasteiger partial charge on any atom is -0.389 e. The highest BCUT2D eigenvalue weighted by molar-refractivity contribution is 6.07. The molecule has 0 fully saturated rings. The van der Waals surface area contributed by atoms with Crippen LogP contribution in [0.15, 0.2) is 48.5 Å². The van der Waals surface area contributed by atoms with E-state index in [1.807, 2.05) is 12.1 Å². The first-order valence-corrected chi connectivity index (χ1v) is 8.38. The zero-order chi connectivity index (χ0) is 16.2. The Balaban J connectivity index is 1.79. The van der Waals surface area contributed by atoms with Gasteiger partial charge in [-0.05, 0) is 24.5 Å². The first kappa shape index (κ1) is 16.0. The highest BCUT2D eigenvalue weighted by Crippen LogP contribution is 2.28. The van der Waals surface area contributed by atoms with Gasteiger partial charge in [0.1, 0.15) is 0 Å². The van der Waals surface area contributed by atoms with Gasteiger partial charge in [0.2, 0.25) is 0 Å². The number of nitrogens with zero attached hydrogens (tertiary/aromatic N) is 1. The van der Waals surface area contributed by atoms with Gasteiger partial charge in [-0.3, -0.25) is 0 Å². The molecule has 3 heteroatoms. The molecule has 1 atom stereocenters. The molecule has 122 valence electrons. The van der Waals surface area contributed by atoms with Crippen molar-refractivity contribution in [2.24, 2.45) is 5.92 Å². The summed E-state index contributed by atoms with van der Waals surface area (Å²) >= 11 is 0. The van der Waals surface area contributed by atoms with Gasteiger partial charge >= 0.3 is 0 Å². The van der Waals surface area contributed by atoms with Gasteiger partial charge in [0, 0.05) is 28.4 Å². The summed E-state index contributed by atoms with van der Waals surface area (Å²) in [6.45, 7) is 6.00. The van der Waals surface area contributed by atoms with E-state index in [2.05, 4.69) is 54.8 Å². The molecule has 1 heterocycles. The summed E-state index contributed by atoms with van der Waals surface area (Å²) in [7, 11) is 0. The molecule has 0 aliphatic carbocycles. The number of rotatable bonds is 7. The quantitative estimate of drug-likeness (QED) is 0.663. The molecule has 0 saturated heterocycles. The van der Waals surface area contributed by atoms with Crippen LogP contribution in [0.2, 0.25) is 0 Å². The Labute approximate surface area is 137 Å². The number of hydrogen-bond acceptors (Lipinski definition) is 2. The monoisotopic (exact) mass is 311 g/mol. The molecule has 0 spiro atoms. The third-order valence-corrected chi connectivity index (χ3v) is 4.22. The lowest BCUT2D eigenvalue weighted by Gasteiger charge is -2.15. The predicted octanol–water partition coefficient (Wildman–Crippen LogP) is 4.22. The van der Waals surface area contributed by atoms with E-state index in [4.69, 9.17) is 4.74 Å². The second kappa shape index (κ2) is 7.16. The van der Waals surface area contributed by atoms with Gasteiger partial charge in [0.15, 0.2) is 0 Å². The standard InChI is InChI=1S/C20H25NO2/c1-15(2)11-12-23-14-16(22)13-21-19-9-5-3-7-17(19)18-8-4-6-10-20(18)21/h3-10,15-16,22H,11-14H2,1-2H3/t16-/m0/s1. The van der Waals surface area contributed by atoms with Crippen molar-refractivity contribution in [1.29, 1.82) is 0 Å². The summed E-state index contributed by atoms with van der Waals surface area (Å²) in [6.07, 6.45) is 0.531. The van der Waals surface area contributed by atoms with Crippen LogP contribution in [-0.4, -0.2) is 29.0 Å². The van der Waals surface area contributed by atoms with Crippen molar-refractivity contribution >= 4 is 21.8 Å². The lowest BCUT2D eigenvalue weighted by Crippen LogP contribution is -2.22. The van der Waals surface area contributed by atoms with Gasteiger partial charge in [-0.25, -0.2) is 0 Å². The molecule has 1 N–H and O–H groups in total. The normalized spacial score (nSPS) is 13.2. The minimum absolute atomic E-state index is 0.382. The molecule has 2 aromatic carbocycles. The molecule has 3 aromatic rings. The average Bonchev–Trinajstić information content (AvgIpc) is 2.86. The van der Waals surface area contributed by atoms with Crippen LogP contribution in [0.25, 0.3) is 21.8 Å². The summed E-state index contributed by atoms with van der Waals surface area (Å²) in [5.74, 6) is 0.629. The van der Waals surface area contributed by atoms with Crippen LogP contribution >= 0.6 is 0 Å². The molecular formula is C20H25NO2. The summed E-state index contributed by atoms with van der Waals surface area (Å²) in [5, 5.41) is 12.8. The van der Waals surface area contributed by atoms with Gasteiger partial charge in [0.25, 0.3) is 0 Å². The number of hydrogen-bond donors (Lipinski definition) is 1. The average molecular weight is 311 g/mol. The van der Waals surface area contributed by atoms with Gasteiger partial charge in [0.05, 0.1) is 19.3 Å². The van der Waals surface area contributed by atoms with Gasteiger partial charge in [-0.15, -0.1) is 0 Å². The molecule has 3 rings (SSSR count). The minimum atomic E-state index is -0.499. The third-order valence-electron chi connectivity index (χ3n) is 4.22. The first-order chi connectivity index (χ1) is 11.2. The van der Waals surface area contributed by atoms with Gasteiger partial charge < -0.3 is 14.4 Å². The Morgan fingerprint density at radius 1 is 0.957 bits per heavy atom. The topological polar surface area (TPSA) is 34.4 Å². The molecule has 0 aliphatic rings. The van der Waals surface area contributed by atoms with Crippen LogP contribution in [0, 0.1) is 5.92 Å². The van der Waals surface area contributed by atoms with Gasteiger partial charge in [-0.1, -0.05) is 50.2 Å². The molecular weight excluding hydrogens is 286 g/mol. The van der Waals surface area contributed by atoms with Crippen molar-refractivity contribution in [2.75, 3.05) is 13.2 Å². The second-order valence-corrected chi connectivity index (χ2v) is 6.56. The highest BCUT2D eigenvalue weighted by Gasteiger charge is 2.13. The van der Waals surface area contributed by atoms with Crippen molar-refractivity contribution in [1.82, 2.24) is 4.57 Å². The molecule has 23 heavy (non-hydrogen) atoms. The molecule has 0 bridgehead atoms. The first-order valence-electron chi connectivity index (χ1n) is 8.38. The van der Waals surface area contributed by atoms with E-state index in [1.165, 1.54) is 10.8 Å². The van der Waals surface area contributed by atoms with E-state index >= 15 is 0 Å². The maximum absolute atomic E-state index is 10.4. The highest BCUT2D eigenvalue weighted by atomic mass is 16.5. The van der Waals surface area contributed by atoms with Crippen LogP contribution < -0.4 is 0 Å². The molecule has 3 nitrogen and oxygen atoms in total. The fraction of sp³-hybridized carbons (Fsp3) is 0.400. The number of aromatic nitrogens is 1. The van der Waals surface area contributed by atoms with Crippen molar-refractivity contribution < 1.29 is 9.84 Å². The number of ether oxygens (including phenoxy) is 1. The fourth-order valence-electron chi connectivity index (χ4n) is 3.00. The van der Waals surface area contributed by atoms with Crippen LogP contribution in [-0.2, 0) is 11.3 Å². The lowest BCUT2D eigenvalue weighted by atomic mass is 10.1. The van der Waals surface area contributed by atoms with Crippen LogP contribution in [0.4, 0.5) is 0 Å². The Bertz CT molecular complexity index is 722. The largest absolute Gasteiger partial charge is 0.389 e.